The molecule has 0 fully saturated rings. The molecular formula is C17H18F2N2O2. The van der Waals surface area contributed by atoms with Gasteiger partial charge in [0.2, 0.25) is 5.91 Å². The van der Waals surface area contributed by atoms with Gasteiger partial charge in [-0.25, -0.2) is 8.78 Å². The molecular weight excluding hydrogens is 302 g/mol. The molecule has 0 aliphatic carbocycles. The third-order valence-corrected chi connectivity index (χ3v) is 3.33. The normalized spacial score (nSPS) is 12.0. The van der Waals surface area contributed by atoms with Crippen LogP contribution in [-0.4, -0.2) is 24.2 Å². The first kappa shape index (κ1) is 17.1. The van der Waals surface area contributed by atoms with Crippen molar-refractivity contribution in [2.75, 3.05) is 18.5 Å². The number of aliphatic hydroxyl groups is 1. The van der Waals surface area contributed by atoms with Gasteiger partial charge in [-0.3, -0.25) is 4.79 Å². The Balaban J connectivity index is 1.94. The second kappa shape index (κ2) is 8.36. The van der Waals surface area contributed by atoms with Crippen molar-refractivity contribution in [3.63, 3.8) is 0 Å². The van der Waals surface area contributed by atoms with E-state index in [4.69, 9.17) is 5.11 Å². The molecule has 0 radical (unpaired) electrons. The number of anilines is 1. The number of carbonyl (C=O) groups is 1. The van der Waals surface area contributed by atoms with E-state index >= 15 is 0 Å². The lowest BCUT2D eigenvalue weighted by molar-refractivity contribution is -0.115. The van der Waals surface area contributed by atoms with E-state index < -0.39 is 17.5 Å². The molecule has 1 amide bonds. The van der Waals surface area contributed by atoms with Crippen LogP contribution < -0.4 is 10.6 Å². The van der Waals surface area contributed by atoms with Gasteiger partial charge in [-0.15, -0.1) is 0 Å². The van der Waals surface area contributed by atoms with Crippen LogP contribution in [0, 0.1) is 11.6 Å². The smallest absolute Gasteiger partial charge is 0.238 e. The van der Waals surface area contributed by atoms with E-state index in [0.29, 0.717) is 12.5 Å². The molecule has 0 aromatic heterocycles. The van der Waals surface area contributed by atoms with Gasteiger partial charge in [-0.2, -0.15) is 0 Å². The molecule has 2 rings (SSSR count). The fraction of sp³-hybridized carbons (Fsp3) is 0.235. The Morgan fingerprint density at radius 3 is 2.52 bits per heavy atom. The van der Waals surface area contributed by atoms with E-state index in [0.717, 1.165) is 11.6 Å². The van der Waals surface area contributed by atoms with E-state index in [1.165, 1.54) is 6.07 Å². The first-order valence-electron chi connectivity index (χ1n) is 7.24. The number of hydrogen-bond donors (Lipinski definition) is 3. The van der Waals surface area contributed by atoms with E-state index in [1.54, 1.807) is 0 Å². The second-order valence-electron chi connectivity index (χ2n) is 5.03. The standard InChI is InChI=1S/C17H18F2N2O2/c18-13-6-7-16(14(19)10-13)21-17(23)11-20-15(8-9-22)12-4-2-1-3-5-12/h1-7,10,15,20,22H,8-9,11H2,(H,21,23). The molecule has 6 heteroatoms. The van der Waals surface area contributed by atoms with Gasteiger partial charge in [0.25, 0.3) is 0 Å². The van der Waals surface area contributed by atoms with Crippen LogP contribution in [0.2, 0.25) is 0 Å². The average Bonchev–Trinajstić information content (AvgIpc) is 2.55. The number of aliphatic hydroxyl groups excluding tert-OH is 1. The Hall–Kier alpha value is -2.31. The molecule has 0 saturated heterocycles. The quantitative estimate of drug-likeness (QED) is 0.735. The summed E-state index contributed by atoms with van der Waals surface area (Å²) in [4.78, 5) is 11.9. The van der Waals surface area contributed by atoms with Gasteiger partial charge in [-0.05, 0) is 24.1 Å². The van der Waals surface area contributed by atoms with Crippen molar-refractivity contribution in [3.8, 4) is 0 Å². The van der Waals surface area contributed by atoms with Crippen LogP contribution in [-0.2, 0) is 4.79 Å². The van der Waals surface area contributed by atoms with Crippen molar-refractivity contribution in [3.05, 3.63) is 65.7 Å². The lowest BCUT2D eigenvalue weighted by Crippen LogP contribution is -2.32. The number of nitrogens with one attached hydrogen (secondary N) is 2. The predicted octanol–water partition coefficient (Wildman–Crippen LogP) is 2.62. The summed E-state index contributed by atoms with van der Waals surface area (Å²) in [5, 5.41) is 14.5. The topological polar surface area (TPSA) is 61.4 Å². The summed E-state index contributed by atoms with van der Waals surface area (Å²) in [6.07, 6.45) is 0.447. The molecule has 1 unspecified atom stereocenters. The molecule has 4 nitrogen and oxygen atoms in total. The van der Waals surface area contributed by atoms with Gasteiger partial charge >= 0.3 is 0 Å². The third-order valence-electron chi connectivity index (χ3n) is 3.33. The lowest BCUT2D eigenvalue weighted by atomic mass is 10.0. The van der Waals surface area contributed by atoms with Gasteiger partial charge in [0.05, 0.1) is 12.2 Å². The zero-order valence-electron chi connectivity index (χ0n) is 12.4. The molecule has 2 aromatic rings. The van der Waals surface area contributed by atoms with Crippen molar-refractivity contribution in [1.29, 1.82) is 0 Å². The maximum absolute atomic E-state index is 13.5. The minimum absolute atomic E-state index is 0.0270. The van der Waals surface area contributed by atoms with Crippen LogP contribution in [0.15, 0.2) is 48.5 Å². The molecule has 0 bridgehead atoms. The highest BCUT2D eigenvalue weighted by molar-refractivity contribution is 5.92. The van der Waals surface area contributed by atoms with Crippen molar-refractivity contribution >= 4 is 11.6 Å². The first-order valence-corrected chi connectivity index (χ1v) is 7.24. The number of halogens is 2. The highest BCUT2D eigenvalue weighted by atomic mass is 19.1. The Kier molecular flexibility index (Phi) is 6.19. The van der Waals surface area contributed by atoms with Crippen LogP contribution in [0.25, 0.3) is 0 Å². The Morgan fingerprint density at radius 2 is 1.87 bits per heavy atom. The molecule has 1 atom stereocenters. The highest BCUT2D eigenvalue weighted by Gasteiger charge is 2.13. The Labute approximate surface area is 133 Å². The highest BCUT2D eigenvalue weighted by Crippen LogP contribution is 2.17. The monoisotopic (exact) mass is 320 g/mol. The number of amides is 1. The summed E-state index contributed by atoms with van der Waals surface area (Å²) in [6.45, 7) is -0.0862. The first-order chi connectivity index (χ1) is 11.1. The number of rotatable bonds is 7. The number of benzene rings is 2. The number of carbonyl (C=O) groups excluding carboxylic acids is 1. The van der Waals surface area contributed by atoms with Gasteiger partial charge in [-0.1, -0.05) is 30.3 Å². The minimum Gasteiger partial charge on any atom is -0.396 e. The van der Waals surface area contributed by atoms with Gasteiger partial charge in [0.1, 0.15) is 11.6 Å². The zero-order chi connectivity index (χ0) is 16.7. The minimum atomic E-state index is -0.826. The van der Waals surface area contributed by atoms with Crippen LogP contribution in [0.3, 0.4) is 0 Å². The fourth-order valence-electron chi connectivity index (χ4n) is 2.20. The van der Waals surface area contributed by atoms with Gasteiger partial charge in [0, 0.05) is 18.7 Å². The van der Waals surface area contributed by atoms with Crippen molar-refractivity contribution in [2.45, 2.75) is 12.5 Å². The van der Waals surface area contributed by atoms with E-state index in [2.05, 4.69) is 10.6 Å². The maximum atomic E-state index is 13.5. The molecule has 0 heterocycles. The average molecular weight is 320 g/mol. The summed E-state index contributed by atoms with van der Waals surface area (Å²) >= 11 is 0. The van der Waals surface area contributed by atoms with E-state index in [1.807, 2.05) is 30.3 Å². The summed E-state index contributed by atoms with van der Waals surface area (Å²) in [5.41, 5.74) is 0.874. The van der Waals surface area contributed by atoms with Crippen LogP contribution in [0.4, 0.5) is 14.5 Å². The predicted molar refractivity (Wildman–Crippen MR) is 83.9 cm³/mol. The van der Waals surface area contributed by atoms with Crippen LogP contribution in [0.5, 0.6) is 0 Å². The maximum Gasteiger partial charge on any atom is 0.238 e. The zero-order valence-corrected chi connectivity index (χ0v) is 12.4. The Bertz CT molecular complexity index is 650. The van der Waals surface area contributed by atoms with Crippen molar-refractivity contribution < 1.29 is 18.7 Å². The van der Waals surface area contributed by atoms with Gasteiger partial charge in [0.15, 0.2) is 0 Å². The van der Waals surface area contributed by atoms with E-state index in [-0.39, 0.29) is 24.9 Å². The molecule has 3 N–H and O–H groups in total. The second-order valence-corrected chi connectivity index (χ2v) is 5.03. The molecule has 0 spiro atoms. The van der Waals surface area contributed by atoms with Crippen LogP contribution >= 0.6 is 0 Å². The van der Waals surface area contributed by atoms with Gasteiger partial charge < -0.3 is 15.7 Å². The molecule has 0 aliphatic rings. The van der Waals surface area contributed by atoms with E-state index in [9.17, 15) is 13.6 Å². The molecule has 0 aliphatic heterocycles. The lowest BCUT2D eigenvalue weighted by Gasteiger charge is -2.18. The number of hydrogen-bond acceptors (Lipinski definition) is 3. The summed E-state index contributed by atoms with van der Waals surface area (Å²) in [7, 11) is 0. The Morgan fingerprint density at radius 1 is 1.13 bits per heavy atom. The molecule has 23 heavy (non-hydrogen) atoms. The fourth-order valence-corrected chi connectivity index (χ4v) is 2.20. The molecule has 122 valence electrons. The van der Waals surface area contributed by atoms with Crippen molar-refractivity contribution in [1.82, 2.24) is 5.32 Å². The van der Waals surface area contributed by atoms with Crippen molar-refractivity contribution in [2.24, 2.45) is 0 Å². The summed E-state index contributed by atoms with van der Waals surface area (Å²) < 4.78 is 26.3. The molecule has 0 saturated carbocycles. The molecule has 2 aromatic carbocycles. The largest absolute Gasteiger partial charge is 0.396 e. The summed E-state index contributed by atoms with van der Waals surface area (Å²) in [6, 6.07) is 12.2. The SMILES string of the molecule is O=C(CNC(CCO)c1ccccc1)Nc1ccc(F)cc1F. The van der Waals surface area contributed by atoms with Crippen LogP contribution in [0.1, 0.15) is 18.0 Å². The third kappa shape index (κ3) is 5.12. The summed E-state index contributed by atoms with van der Waals surface area (Å²) in [5.74, 6) is -1.98.